The van der Waals surface area contributed by atoms with E-state index in [1.54, 1.807) is 6.07 Å². The number of anilines is 1. The lowest BCUT2D eigenvalue weighted by Gasteiger charge is -2.09. The largest absolute Gasteiger partial charge is 0.457 e. The summed E-state index contributed by atoms with van der Waals surface area (Å²) in [6, 6.07) is 15.8. The molecule has 1 N–H and O–H groups in total. The van der Waals surface area contributed by atoms with Gasteiger partial charge in [-0.2, -0.15) is 0 Å². The molecule has 0 aromatic heterocycles. The van der Waals surface area contributed by atoms with Crippen LogP contribution >= 0.6 is 0 Å². The van der Waals surface area contributed by atoms with Crippen LogP contribution in [0.2, 0.25) is 0 Å². The minimum Gasteiger partial charge on any atom is -0.457 e. The molecule has 0 fully saturated rings. The highest BCUT2D eigenvalue weighted by Gasteiger charge is 2.23. The zero-order valence-electron chi connectivity index (χ0n) is 9.85. The fourth-order valence-corrected chi connectivity index (χ4v) is 2.11. The number of carbonyl (C=O) groups is 1. The van der Waals surface area contributed by atoms with Crippen molar-refractivity contribution in [1.82, 2.24) is 0 Å². The molecule has 90 valence electrons. The second-order valence-electron chi connectivity index (χ2n) is 4.25. The fourth-order valence-electron chi connectivity index (χ4n) is 2.11. The van der Waals surface area contributed by atoms with E-state index in [-0.39, 0.29) is 5.97 Å². The summed E-state index contributed by atoms with van der Waals surface area (Å²) in [5.41, 5.74) is 3.81. The molecule has 0 saturated heterocycles. The SMILES string of the molecule is O=C1OCc2c(NCc3ccccc3)cccc21. The molecule has 3 rings (SSSR count). The standard InChI is InChI=1S/C15H13NO2/c17-15-12-7-4-8-14(13(12)10-18-15)16-9-11-5-2-1-3-6-11/h1-8,16H,9-10H2. The number of ether oxygens (including phenoxy) is 1. The van der Waals surface area contributed by atoms with Crippen LogP contribution in [0.1, 0.15) is 21.5 Å². The maximum Gasteiger partial charge on any atom is 0.338 e. The quantitative estimate of drug-likeness (QED) is 0.837. The third-order valence-electron chi connectivity index (χ3n) is 3.07. The Morgan fingerprint density at radius 2 is 1.89 bits per heavy atom. The molecule has 0 spiro atoms. The Bertz CT molecular complexity index is 578. The lowest BCUT2D eigenvalue weighted by atomic mass is 10.1. The van der Waals surface area contributed by atoms with Crippen LogP contribution in [0.15, 0.2) is 48.5 Å². The predicted octanol–water partition coefficient (Wildman–Crippen LogP) is 2.97. The molecule has 0 saturated carbocycles. The van der Waals surface area contributed by atoms with Gasteiger partial charge in [-0.1, -0.05) is 36.4 Å². The first-order valence-corrected chi connectivity index (χ1v) is 5.91. The van der Waals surface area contributed by atoms with Crippen molar-refractivity contribution in [2.75, 3.05) is 5.32 Å². The molecule has 0 unspecified atom stereocenters. The molecular formula is C15H13NO2. The molecule has 0 radical (unpaired) electrons. The summed E-state index contributed by atoms with van der Waals surface area (Å²) in [7, 11) is 0. The molecule has 0 atom stereocenters. The van der Waals surface area contributed by atoms with E-state index in [4.69, 9.17) is 4.74 Å². The maximum absolute atomic E-state index is 11.4. The van der Waals surface area contributed by atoms with Crippen molar-refractivity contribution in [2.24, 2.45) is 0 Å². The van der Waals surface area contributed by atoms with Crippen LogP contribution in [0.5, 0.6) is 0 Å². The molecule has 18 heavy (non-hydrogen) atoms. The number of fused-ring (bicyclic) bond motifs is 1. The van der Waals surface area contributed by atoms with Crippen LogP contribution < -0.4 is 5.32 Å². The van der Waals surface area contributed by atoms with Crippen LogP contribution in [0.4, 0.5) is 5.69 Å². The summed E-state index contributed by atoms with van der Waals surface area (Å²) in [6.45, 7) is 1.11. The van der Waals surface area contributed by atoms with Crippen LogP contribution in [0, 0.1) is 0 Å². The van der Waals surface area contributed by atoms with Gasteiger partial charge in [-0.25, -0.2) is 4.79 Å². The van der Waals surface area contributed by atoms with Crippen LogP contribution in [-0.4, -0.2) is 5.97 Å². The lowest BCUT2D eigenvalue weighted by molar-refractivity contribution is 0.0535. The van der Waals surface area contributed by atoms with Crippen LogP contribution in [0.3, 0.4) is 0 Å². The highest BCUT2D eigenvalue weighted by Crippen LogP contribution is 2.27. The second-order valence-corrected chi connectivity index (χ2v) is 4.25. The summed E-state index contributed by atoms with van der Waals surface area (Å²) < 4.78 is 5.04. The number of carbonyl (C=O) groups excluding carboxylic acids is 1. The zero-order chi connectivity index (χ0) is 12.4. The Balaban J connectivity index is 1.80. The molecule has 1 aliphatic heterocycles. The third-order valence-corrected chi connectivity index (χ3v) is 3.07. The number of nitrogens with one attached hydrogen (secondary N) is 1. The molecular weight excluding hydrogens is 226 g/mol. The van der Waals surface area contributed by atoms with Gasteiger partial charge in [0.2, 0.25) is 0 Å². The fraction of sp³-hybridized carbons (Fsp3) is 0.133. The molecule has 0 aliphatic carbocycles. The van der Waals surface area contributed by atoms with E-state index in [1.807, 2.05) is 30.3 Å². The van der Waals surface area contributed by atoms with Gasteiger partial charge < -0.3 is 10.1 Å². The van der Waals surface area contributed by atoms with E-state index in [9.17, 15) is 4.79 Å². The van der Waals surface area contributed by atoms with Gasteiger partial charge in [-0.3, -0.25) is 0 Å². The van der Waals surface area contributed by atoms with Crippen molar-refractivity contribution in [2.45, 2.75) is 13.2 Å². The zero-order valence-corrected chi connectivity index (χ0v) is 9.85. The molecule has 3 nitrogen and oxygen atoms in total. The van der Waals surface area contributed by atoms with Crippen molar-refractivity contribution in [3.63, 3.8) is 0 Å². The number of cyclic esters (lactones) is 1. The Morgan fingerprint density at radius 3 is 2.72 bits per heavy atom. The number of hydrogen-bond acceptors (Lipinski definition) is 3. The maximum atomic E-state index is 11.4. The number of rotatable bonds is 3. The van der Waals surface area contributed by atoms with E-state index in [2.05, 4.69) is 17.4 Å². The Labute approximate surface area is 105 Å². The van der Waals surface area contributed by atoms with Crippen molar-refractivity contribution >= 4 is 11.7 Å². The summed E-state index contributed by atoms with van der Waals surface area (Å²) in [5.74, 6) is -0.228. The summed E-state index contributed by atoms with van der Waals surface area (Å²) >= 11 is 0. The minimum atomic E-state index is -0.228. The molecule has 1 heterocycles. The van der Waals surface area contributed by atoms with E-state index < -0.39 is 0 Å². The van der Waals surface area contributed by atoms with Crippen molar-refractivity contribution in [3.05, 3.63) is 65.2 Å². The van der Waals surface area contributed by atoms with Crippen LogP contribution in [0.25, 0.3) is 0 Å². The molecule has 3 heteroatoms. The van der Waals surface area contributed by atoms with E-state index >= 15 is 0 Å². The first-order chi connectivity index (χ1) is 8.84. The first kappa shape index (κ1) is 10.8. The van der Waals surface area contributed by atoms with Crippen LogP contribution in [-0.2, 0) is 17.9 Å². The Kier molecular flexibility index (Phi) is 2.73. The van der Waals surface area contributed by atoms with E-state index in [0.717, 1.165) is 17.8 Å². The first-order valence-electron chi connectivity index (χ1n) is 5.91. The van der Waals surface area contributed by atoms with Gasteiger partial charge in [0, 0.05) is 17.8 Å². The van der Waals surface area contributed by atoms with Gasteiger partial charge >= 0.3 is 5.97 Å². The van der Waals surface area contributed by atoms with Gasteiger partial charge in [-0.15, -0.1) is 0 Å². The third kappa shape index (κ3) is 1.95. The smallest absolute Gasteiger partial charge is 0.338 e. The van der Waals surface area contributed by atoms with Crippen molar-refractivity contribution < 1.29 is 9.53 Å². The molecule has 0 amide bonds. The van der Waals surface area contributed by atoms with Gasteiger partial charge in [0.05, 0.1) is 5.56 Å². The lowest BCUT2D eigenvalue weighted by Crippen LogP contribution is -2.02. The van der Waals surface area contributed by atoms with Crippen molar-refractivity contribution in [3.8, 4) is 0 Å². The molecule has 2 aromatic rings. The average molecular weight is 239 g/mol. The number of benzene rings is 2. The number of esters is 1. The molecule has 1 aliphatic rings. The predicted molar refractivity (Wildman–Crippen MR) is 69.3 cm³/mol. The molecule has 2 aromatic carbocycles. The van der Waals surface area contributed by atoms with Gasteiger partial charge in [0.25, 0.3) is 0 Å². The highest BCUT2D eigenvalue weighted by atomic mass is 16.5. The normalized spacial score (nSPS) is 13.0. The Hall–Kier alpha value is -2.29. The van der Waals surface area contributed by atoms with Gasteiger partial charge in [0.15, 0.2) is 0 Å². The average Bonchev–Trinajstić information content (AvgIpc) is 2.80. The summed E-state index contributed by atoms with van der Waals surface area (Å²) in [6.07, 6.45) is 0. The van der Waals surface area contributed by atoms with E-state index in [1.165, 1.54) is 5.56 Å². The Morgan fingerprint density at radius 1 is 1.06 bits per heavy atom. The summed E-state index contributed by atoms with van der Waals surface area (Å²) in [4.78, 5) is 11.4. The second kappa shape index (κ2) is 4.53. The number of hydrogen-bond donors (Lipinski definition) is 1. The van der Waals surface area contributed by atoms with Gasteiger partial charge in [-0.05, 0) is 17.7 Å². The monoisotopic (exact) mass is 239 g/mol. The molecule has 0 bridgehead atoms. The minimum absolute atomic E-state index is 0.228. The topological polar surface area (TPSA) is 38.3 Å². The van der Waals surface area contributed by atoms with Gasteiger partial charge in [0.1, 0.15) is 6.61 Å². The summed E-state index contributed by atoms with van der Waals surface area (Å²) in [5, 5.41) is 3.35. The van der Waals surface area contributed by atoms with Crippen molar-refractivity contribution in [1.29, 1.82) is 0 Å². The highest BCUT2D eigenvalue weighted by molar-refractivity contribution is 5.95. The van der Waals surface area contributed by atoms with E-state index in [0.29, 0.717) is 12.2 Å².